The Kier molecular flexibility index (Phi) is 8.04. The zero-order valence-electron chi connectivity index (χ0n) is 23.6. The minimum absolute atomic E-state index is 0.251. The van der Waals surface area contributed by atoms with Crippen molar-refractivity contribution in [2.45, 2.75) is 39.2 Å². The molecule has 2 N–H and O–H groups in total. The lowest BCUT2D eigenvalue weighted by atomic mass is 9.94. The van der Waals surface area contributed by atoms with E-state index >= 15 is 0 Å². The van der Waals surface area contributed by atoms with Crippen molar-refractivity contribution in [3.63, 3.8) is 0 Å². The summed E-state index contributed by atoms with van der Waals surface area (Å²) < 4.78 is 11.0. The molecule has 2 aromatic carbocycles. The van der Waals surface area contributed by atoms with Crippen LogP contribution in [0.3, 0.4) is 0 Å². The highest BCUT2D eigenvalue weighted by atomic mass is 16.5. The van der Waals surface area contributed by atoms with Crippen molar-refractivity contribution in [1.82, 2.24) is 19.9 Å². The smallest absolute Gasteiger partial charge is 0.225 e. The predicted molar refractivity (Wildman–Crippen MR) is 157 cm³/mol. The highest BCUT2D eigenvalue weighted by Gasteiger charge is 2.20. The summed E-state index contributed by atoms with van der Waals surface area (Å²) in [7, 11) is 3.31. The van der Waals surface area contributed by atoms with Gasteiger partial charge in [-0.1, -0.05) is 19.9 Å². The molecule has 5 rings (SSSR count). The molecule has 0 spiro atoms. The Morgan fingerprint density at radius 3 is 2.21 bits per heavy atom. The minimum Gasteiger partial charge on any atom is -0.493 e. The van der Waals surface area contributed by atoms with Gasteiger partial charge >= 0.3 is 0 Å². The molecule has 1 saturated heterocycles. The summed E-state index contributed by atoms with van der Waals surface area (Å²) in [5.41, 5.74) is 6.62. The monoisotopic (exact) mass is 529 g/mol. The van der Waals surface area contributed by atoms with Crippen LogP contribution in [0.2, 0.25) is 0 Å². The Morgan fingerprint density at radius 1 is 0.872 bits per heavy atom. The molecule has 8 nitrogen and oxygen atoms in total. The van der Waals surface area contributed by atoms with Gasteiger partial charge in [-0.15, -0.1) is 0 Å². The zero-order valence-corrected chi connectivity index (χ0v) is 23.6. The van der Waals surface area contributed by atoms with Crippen LogP contribution >= 0.6 is 0 Å². The highest BCUT2D eigenvalue weighted by Crippen LogP contribution is 2.40. The van der Waals surface area contributed by atoms with Gasteiger partial charge in [0.25, 0.3) is 0 Å². The van der Waals surface area contributed by atoms with Gasteiger partial charge in [0, 0.05) is 67.1 Å². The highest BCUT2D eigenvalue weighted by molar-refractivity contribution is 5.94. The normalized spacial score (nSPS) is 15.2. The number of anilines is 1. The van der Waals surface area contributed by atoms with Crippen molar-refractivity contribution in [2.75, 3.05) is 51.8 Å². The fraction of sp³-hybridized carbons (Fsp3) is 0.419. The van der Waals surface area contributed by atoms with Crippen LogP contribution in [-0.4, -0.2) is 78.0 Å². The van der Waals surface area contributed by atoms with Gasteiger partial charge in [0.2, 0.25) is 5.95 Å². The largest absolute Gasteiger partial charge is 0.493 e. The molecule has 0 radical (unpaired) electrons. The van der Waals surface area contributed by atoms with Gasteiger partial charge in [-0.05, 0) is 60.7 Å². The number of rotatable bonds is 9. The lowest BCUT2D eigenvalue weighted by Crippen LogP contribution is -2.47. The molecular formula is C31H39N5O3. The van der Waals surface area contributed by atoms with E-state index in [1.807, 2.05) is 31.5 Å². The standard InChI is InChI=1S/C31H39N5O3/c1-20(2)29-25-16-22(6-8-26(25)34-30(29)23-7-9-27(38-4)28(17-23)39-5)24-18-32-31(33-19-24)36-14-12-35(13-15-36)11-10-21(3)37/h6-9,16-21,34,37H,10-15H2,1-5H3. The summed E-state index contributed by atoms with van der Waals surface area (Å²) in [6, 6.07) is 12.5. The van der Waals surface area contributed by atoms with Crippen molar-refractivity contribution in [3.8, 4) is 33.9 Å². The Balaban J connectivity index is 1.39. The summed E-state index contributed by atoms with van der Waals surface area (Å²) in [6.07, 6.45) is 4.42. The number of fused-ring (bicyclic) bond motifs is 1. The minimum atomic E-state index is -0.251. The SMILES string of the molecule is COc1ccc(-c2[nH]c3ccc(-c4cnc(N5CCN(CCC(C)O)CC5)nc4)cc3c2C(C)C)cc1OC. The second-order valence-corrected chi connectivity index (χ2v) is 10.6. The van der Waals surface area contributed by atoms with E-state index in [4.69, 9.17) is 19.4 Å². The second kappa shape index (κ2) is 11.6. The van der Waals surface area contributed by atoms with Crippen molar-refractivity contribution in [1.29, 1.82) is 0 Å². The lowest BCUT2D eigenvalue weighted by Gasteiger charge is -2.34. The van der Waals surface area contributed by atoms with Gasteiger partial charge in [0.15, 0.2) is 11.5 Å². The maximum atomic E-state index is 9.56. The molecule has 0 amide bonds. The number of ether oxygens (including phenoxy) is 2. The van der Waals surface area contributed by atoms with Crippen LogP contribution < -0.4 is 14.4 Å². The Labute approximate surface area is 230 Å². The molecule has 39 heavy (non-hydrogen) atoms. The number of piperazine rings is 1. The maximum Gasteiger partial charge on any atom is 0.225 e. The fourth-order valence-corrected chi connectivity index (χ4v) is 5.39. The molecule has 3 heterocycles. The molecule has 1 unspecified atom stereocenters. The van der Waals surface area contributed by atoms with Crippen molar-refractivity contribution in [2.24, 2.45) is 0 Å². The third kappa shape index (κ3) is 5.72. The van der Waals surface area contributed by atoms with Crippen LogP contribution in [0.5, 0.6) is 11.5 Å². The molecule has 4 aromatic rings. The van der Waals surface area contributed by atoms with Gasteiger partial charge in [0.1, 0.15) is 0 Å². The molecule has 0 saturated carbocycles. The molecular weight excluding hydrogens is 490 g/mol. The van der Waals surface area contributed by atoms with Crippen molar-refractivity contribution < 1.29 is 14.6 Å². The molecule has 1 fully saturated rings. The van der Waals surface area contributed by atoms with Crippen LogP contribution in [0.15, 0.2) is 48.8 Å². The number of aliphatic hydroxyl groups excluding tert-OH is 1. The number of methoxy groups -OCH3 is 2. The first kappa shape index (κ1) is 27.0. The number of aromatic nitrogens is 3. The molecule has 0 aliphatic carbocycles. The average Bonchev–Trinajstić information content (AvgIpc) is 3.35. The first-order chi connectivity index (χ1) is 18.9. The summed E-state index contributed by atoms with van der Waals surface area (Å²) in [5.74, 6) is 2.51. The average molecular weight is 530 g/mol. The fourth-order valence-electron chi connectivity index (χ4n) is 5.39. The maximum absolute atomic E-state index is 9.56. The molecule has 206 valence electrons. The number of aromatic amines is 1. The number of hydrogen-bond acceptors (Lipinski definition) is 7. The molecule has 1 aliphatic rings. The summed E-state index contributed by atoms with van der Waals surface area (Å²) >= 11 is 0. The van der Waals surface area contributed by atoms with Gasteiger partial charge in [-0.25, -0.2) is 9.97 Å². The van der Waals surface area contributed by atoms with E-state index in [1.54, 1.807) is 14.2 Å². The van der Waals surface area contributed by atoms with E-state index < -0.39 is 0 Å². The summed E-state index contributed by atoms with van der Waals surface area (Å²) in [4.78, 5) is 17.7. The molecule has 1 aliphatic heterocycles. The molecule has 8 heteroatoms. The van der Waals surface area contributed by atoms with E-state index in [0.717, 1.165) is 73.0 Å². The molecule has 2 aromatic heterocycles. The van der Waals surface area contributed by atoms with E-state index in [-0.39, 0.29) is 6.10 Å². The third-order valence-electron chi connectivity index (χ3n) is 7.58. The number of benzene rings is 2. The van der Waals surface area contributed by atoms with E-state index in [1.165, 1.54) is 10.9 Å². The van der Waals surface area contributed by atoms with Gasteiger partial charge in [-0.3, -0.25) is 4.90 Å². The number of nitrogens with one attached hydrogen (secondary N) is 1. The van der Waals surface area contributed by atoms with Crippen LogP contribution in [0.1, 0.15) is 38.7 Å². The Hall–Kier alpha value is -3.62. The summed E-state index contributed by atoms with van der Waals surface area (Å²) in [5, 5.41) is 10.8. The number of nitrogens with zero attached hydrogens (tertiary/aromatic N) is 4. The van der Waals surface area contributed by atoms with Gasteiger partial charge in [0.05, 0.1) is 26.0 Å². The van der Waals surface area contributed by atoms with E-state index in [2.05, 4.69) is 52.9 Å². The van der Waals surface area contributed by atoms with Crippen LogP contribution in [0.4, 0.5) is 5.95 Å². The second-order valence-electron chi connectivity index (χ2n) is 10.6. The van der Waals surface area contributed by atoms with Crippen molar-refractivity contribution >= 4 is 16.9 Å². The molecule has 1 atom stereocenters. The van der Waals surface area contributed by atoms with Gasteiger partial charge < -0.3 is 24.5 Å². The van der Waals surface area contributed by atoms with Crippen LogP contribution in [0, 0.1) is 0 Å². The topological polar surface area (TPSA) is 86.7 Å². The first-order valence-corrected chi connectivity index (χ1v) is 13.7. The van der Waals surface area contributed by atoms with Crippen LogP contribution in [-0.2, 0) is 0 Å². The number of aliphatic hydroxyl groups is 1. The van der Waals surface area contributed by atoms with E-state index in [9.17, 15) is 5.11 Å². The zero-order chi connectivity index (χ0) is 27.5. The van der Waals surface area contributed by atoms with E-state index in [0.29, 0.717) is 17.4 Å². The number of H-pyrrole nitrogens is 1. The van der Waals surface area contributed by atoms with Crippen molar-refractivity contribution in [3.05, 3.63) is 54.4 Å². The summed E-state index contributed by atoms with van der Waals surface area (Å²) in [6.45, 7) is 10.9. The lowest BCUT2D eigenvalue weighted by molar-refractivity contribution is 0.153. The Morgan fingerprint density at radius 2 is 1.56 bits per heavy atom. The van der Waals surface area contributed by atoms with Gasteiger partial charge in [-0.2, -0.15) is 0 Å². The molecule has 0 bridgehead atoms. The quantitative estimate of drug-likeness (QED) is 0.303. The third-order valence-corrected chi connectivity index (χ3v) is 7.58. The first-order valence-electron chi connectivity index (χ1n) is 13.7. The Bertz CT molecular complexity index is 1410. The van der Waals surface area contributed by atoms with Crippen LogP contribution in [0.25, 0.3) is 33.3 Å². The predicted octanol–water partition coefficient (Wildman–Crippen LogP) is 5.33. The number of hydrogen-bond donors (Lipinski definition) is 2.